The number of carbonyl (C=O) groups is 4. The zero-order valence-electron chi connectivity index (χ0n) is 31.6. The summed E-state index contributed by atoms with van der Waals surface area (Å²) in [6, 6.07) is 21.5. The van der Waals surface area contributed by atoms with Gasteiger partial charge < -0.3 is 16.0 Å². The Morgan fingerprint density at radius 1 is 0.946 bits per heavy atom. The lowest BCUT2D eigenvalue weighted by Crippen LogP contribution is -2.44. The molecule has 1 fully saturated rings. The number of hydrogen-bond acceptors (Lipinski definition) is 8. The number of amides is 4. The average molecular weight is 772 g/mol. The van der Waals surface area contributed by atoms with Crippen molar-refractivity contribution < 1.29 is 19.2 Å². The number of aryl methyl sites for hydroxylation is 2. The van der Waals surface area contributed by atoms with E-state index in [2.05, 4.69) is 27.3 Å². The Balaban J connectivity index is 0.792. The smallest absolute Gasteiger partial charge is 0.329 e. The summed E-state index contributed by atoms with van der Waals surface area (Å²) in [6.07, 6.45) is 6.56. The molecule has 3 aromatic carbocycles. The van der Waals surface area contributed by atoms with Crippen molar-refractivity contribution in [2.24, 2.45) is 7.05 Å². The van der Waals surface area contributed by atoms with Gasteiger partial charge in [0.05, 0.1) is 27.9 Å². The maximum atomic E-state index is 13.2. The molecule has 13 heteroatoms. The molecule has 1 unspecified atom stereocenters. The molecule has 8 rings (SSSR count). The van der Waals surface area contributed by atoms with Crippen LogP contribution in [-0.4, -0.2) is 50.3 Å². The van der Waals surface area contributed by atoms with Crippen molar-refractivity contribution in [3.63, 3.8) is 0 Å². The van der Waals surface area contributed by atoms with Crippen molar-refractivity contribution in [3.05, 3.63) is 93.2 Å². The number of imide groups is 1. The third-order valence-corrected chi connectivity index (χ3v) is 12.1. The largest absolute Gasteiger partial charge is 0.381 e. The Bertz CT molecular complexity index is 2570. The first-order chi connectivity index (χ1) is 27.2. The topological polar surface area (TPSA) is 156 Å². The number of hydrogen-bond donors (Lipinski definition) is 4. The summed E-state index contributed by atoms with van der Waals surface area (Å²) in [4.78, 5) is 68.5. The zero-order valence-corrected chi connectivity index (χ0v) is 32.4. The summed E-state index contributed by atoms with van der Waals surface area (Å²) in [5.74, 6) is -0.735. The lowest BCUT2D eigenvalue weighted by molar-refractivity contribution is -0.135. The second kappa shape index (κ2) is 15.7. The number of imidazole rings is 1. The third-order valence-electron chi connectivity index (χ3n) is 11.0. The Morgan fingerprint density at radius 3 is 2.57 bits per heavy atom. The van der Waals surface area contributed by atoms with Crippen molar-refractivity contribution in [2.45, 2.75) is 83.3 Å². The fourth-order valence-electron chi connectivity index (χ4n) is 8.05. The molecule has 0 radical (unpaired) electrons. The number of anilines is 1. The molecule has 6 aromatic rings. The maximum Gasteiger partial charge on any atom is 0.329 e. The normalized spacial score (nSPS) is 17.1. The molecule has 0 saturated carbocycles. The Labute approximate surface area is 327 Å². The van der Waals surface area contributed by atoms with E-state index in [4.69, 9.17) is 4.98 Å². The van der Waals surface area contributed by atoms with Gasteiger partial charge in [0.1, 0.15) is 10.9 Å². The van der Waals surface area contributed by atoms with Gasteiger partial charge in [0, 0.05) is 60.1 Å². The molecule has 0 aliphatic carbocycles. The molecule has 2 atom stereocenters. The standard InChI is InChI=1S/C43H45N7O5S/c1-25-23-45-38-37-29-17-18-30(47-31(29)19-21-34(37)56-40(38)42(54)46-25)27-15-13-26(14-16-27)24-44-35(51)12-7-5-3-4-6-9-28-10-8-11-32-39(28)49(2)43(55)50(32)33-20-22-36(52)48-41(33)53/h8,10-11,13-19,21,25,33,45H,3-7,9,12,20,22-24H2,1-2H3,(H,44,51)(H,46,54)(H,48,52,53)/t25-,33?/m1/s1. The summed E-state index contributed by atoms with van der Waals surface area (Å²) in [5, 5.41) is 14.0. The molecule has 12 nitrogen and oxygen atoms in total. The quantitative estimate of drug-likeness (QED) is 0.0819. The number of para-hydroxylation sites is 1. The number of benzene rings is 3. The second-order valence-corrected chi connectivity index (χ2v) is 16.0. The number of nitrogens with one attached hydrogen (secondary N) is 4. The van der Waals surface area contributed by atoms with Gasteiger partial charge in [0.15, 0.2) is 0 Å². The third kappa shape index (κ3) is 7.30. The van der Waals surface area contributed by atoms with Crippen LogP contribution >= 0.6 is 11.3 Å². The minimum absolute atomic E-state index is 0.0393. The summed E-state index contributed by atoms with van der Waals surface area (Å²) >= 11 is 1.50. The van der Waals surface area contributed by atoms with Crippen LogP contribution in [0.4, 0.5) is 5.69 Å². The van der Waals surface area contributed by atoms with Crippen LogP contribution < -0.4 is 27.0 Å². The molecule has 56 heavy (non-hydrogen) atoms. The predicted molar refractivity (Wildman–Crippen MR) is 220 cm³/mol. The van der Waals surface area contributed by atoms with Crippen molar-refractivity contribution in [3.8, 4) is 11.3 Å². The van der Waals surface area contributed by atoms with E-state index < -0.39 is 11.9 Å². The molecular weight excluding hydrogens is 727 g/mol. The number of piperidine rings is 1. The molecule has 2 aliphatic heterocycles. The van der Waals surface area contributed by atoms with Crippen LogP contribution in [0.2, 0.25) is 0 Å². The molecule has 0 spiro atoms. The highest BCUT2D eigenvalue weighted by Gasteiger charge is 2.31. The number of carbonyl (C=O) groups excluding carboxylic acids is 4. The molecule has 1 saturated heterocycles. The fourth-order valence-corrected chi connectivity index (χ4v) is 9.15. The molecule has 288 valence electrons. The number of pyridine rings is 1. The average Bonchev–Trinajstić information content (AvgIpc) is 3.65. The van der Waals surface area contributed by atoms with Gasteiger partial charge in [-0.15, -0.1) is 11.3 Å². The highest BCUT2D eigenvalue weighted by atomic mass is 32.1. The van der Waals surface area contributed by atoms with Gasteiger partial charge in [-0.1, -0.05) is 55.7 Å². The summed E-state index contributed by atoms with van der Waals surface area (Å²) in [7, 11) is 1.73. The molecule has 4 amide bonds. The predicted octanol–water partition coefficient (Wildman–Crippen LogP) is 6.49. The van der Waals surface area contributed by atoms with Crippen LogP contribution in [0, 0.1) is 0 Å². The van der Waals surface area contributed by atoms with Crippen LogP contribution in [0.5, 0.6) is 0 Å². The highest BCUT2D eigenvalue weighted by Crippen LogP contribution is 2.41. The van der Waals surface area contributed by atoms with E-state index in [-0.39, 0.29) is 35.9 Å². The Kier molecular flexibility index (Phi) is 10.4. The first kappa shape index (κ1) is 37.1. The minimum Gasteiger partial charge on any atom is -0.381 e. The summed E-state index contributed by atoms with van der Waals surface area (Å²) in [6.45, 7) is 3.12. The van der Waals surface area contributed by atoms with Crippen LogP contribution in [0.15, 0.2) is 71.5 Å². The van der Waals surface area contributed by atoms with E-state index >= 15 is 0 Å². The molecular formula is C43H45N7O5S. The van der Waals surface area contributed by atoms with E-state index in [1.54, 1.807) is 11.6 Å². The fraction of sp³-hybridized carbons (Fsp3) is 0.349. The van der Waals surface area contributed by atoms with Gasteiger partial charge in [-0.05, 0) is 74.1 Å². The number of rotatable bonds is 12. The first-order valence-corrected chi connectivity index (χ1v) is 20.3. The van der Waals surface area contributed by atoms with Gasteiger partial charge >= 0.3 is 5.69 Å². The first-order valence-electron chi connectivity index (χ1n) is 19.5. The van der Waals surface area contributed by atoms with Gasteiger partial charge in [0.2, 0.25) is 17.7 Å². The molecule has 3 aromatic heterocycles. The minimum atomic E-state index is -0.693. The van der Waals surface area contributed by atoms with E-state index in [0.717, 1.165) is 93.1 Å². The van der Waals surface area contributed by atoms with Gasteiger partial charge in [-0.2, -0.15) is 0 Å². The maximum absolute atomic E-state index is 13.2. The lowest BCUT2D eigenvalue weighted by Gasteiger charge is -2.21. The van der Waals surface area contributed by atoms with Crippen molar-refractivity contribution in [2.75, 3.05) is 11.9 Å². The second-order valence-electron chi connectivity index (χ2n) is 15.0. The van der Waals surface area contributed by atoms with Gasteiger partial charge in [0.25, 0.3) is 5.91 Å². The van der Waals surface area contributed by atoms with E-state index in [9.17, 15) is 24.0 Å². The van der Waals surface area contributed by atoms with Crippen LogP contribution in [-0.2, 0) is 34.4 Å². The highest BCUT2D eigenvalue weighted by molar-refractivity contribution is 7.21. The number of thiophene rings is 1. The van der Waals surface area contributed by atoms with Crippen LogP contribution in [0.1, 0.15) is 85.1 Å². The van der Waals surface area contributed by atoms with E-state index in [1.165, 1.54) is 15.9 Å². The number of aromatic nitrogens is 3. The number of nitrogens with zero attached hydrogens (tertiary/aromatic N) is 3. The van der Waals surface area contributed by atoms with E-state index in [1.807, 2.05) is 67.6 Å². The molecule has 2 aliphatic rings. The Morgan fingerprint density at radius 2 is 1.75 bits per heavy atom. The van der Waals surface area contributed by atoms with Crippen LogP contribution in [0.25, 0.3) is 43.3 Å². The SMILES string of the molecule is C[C@@H]1CNc2c(sc3ccc4nc(-c5ccc(CNC(=O)CCCCCCCc6cccc7c6n(C)c(=O)n7C6CCC(=O)NC6=O)cc5)ccc4c23)C(=O)N1. The monoisotopic (exact) mass is 771 g/mol. The summed E-state index contributed by atoms with van der Waals surface area (Å²) < 4.78 is 4.19. The molecule has 5 heterocycles. The van der Waals surface area contributed by atoms with Crippen molar-refractivity contribution >= 4 is 72.7 Å². The van der Waals surface area contributed by atoms with Gasteiger partial charge in [-0.25, -0.2) is 9.78 Å². The van der Waals surface area contributed by atoms with Crippen molar-refractivity contribution in [1.29, 1.82) is 0 Å². The molecule has 4 N–H and O–H groups in total. The molecule has 0 bridgehead atoms. The Hall–Kier alpha value is -5.82. The van der Waals surface area contributed by atoms with Gasteiger partial charge in [-0.3, -0.25) is 33.6 Å². The lowest BCUT2D eigenvalue weighted by atomic mass is 10.0. The van der Waals surface area contributed by atoms with Crippen LogP contribution in [0.3, 0.4) is 0 Å². The number of unbranched alkanes of at least 4 members (excludes halogenated alkanes) is 4. The van der Waals surface area contributed by atoms with Crippen molar-refractivity contribution in [1.82, 2.24) is 30.1 Å². The van der Waals surface area contributed by atoms with E-state index in [0.29, 0.717) is 36.3 Å². The zero-order chi connectivity index (χ0) is 38.9. The summed E-state index contributed by atoms with van der Waals surface area (Å²) in [5.41, 5.74) is 6.98. The number of fused-ring (bicyclic) bond motifs is 6.